The fourth-order valence-corrected chi connectivity index (χ4v) is 1.45. The maximum absolute atomic E-state index is 5.91. The average molecular weight is 129 g/mol. The smallest absolute Gasteiger partial charge is 0.175 e. The van der Waals surface area contributed by atoms with Crippen molar-refractivity contribution in [2.24, 2.45) is 5.73 Å². The summed E-state index contributed by atoms with van der Waals surface area (Å²) in [4.78, 5) is 0. The molecule has 0 saturated carbocycles. The lowest BCUT2D eigenvalue weighted by Gasteiger charge is -2.18. The van der Waals surface area contributed by atoms with Gasteiger partial charge in [0.25, 0.3) is 0 Å². The topological polar surface area (TPSA) is 44.5 Å². The average Bonchev–Trinajstić information content (AvgIpc) is 2.22. The maximum Gasteiger partial charge on any atom is 0.175 e. The van der Waals surface area contributed by atoms with Crippen LogP contribution in [0.15, 0.2) is 0 Å². The highest BCUT2D eigenvalue weighted by atomic mass is 16.7. The van der Waals surface area contributed by atoms with Crippen LogP contribution in [0.2, 0.25) is 0 Å². The zero-order valence-electron chi connectivity index (χ0n) is 5.30. The van der Waals surface area contributed by atoms with Crippen LogP contribution in [0.1, 0.15) is 12.8 Å². The minimum absolute atomic E-state index is 0.0995. The van der Waals surface area contributed by atoms with Gasteiger partial charge >= 0.3 is 0 Å². The molecule has 0 spiro atoms. The second kappa shape index (κ2) is 1.68. The van der Waals surface area contributed by atoms with Crippen LogP contribution in [0, 0.1) is 0 Å². The molecule has 2 saturated heterocycles. The molecule has 2 heterocycles. The quantitative estimate of drug-likeness (QED) is 0.494. The Hall–Kier alpha value is -0.120. The first-order chi connectivity index (χ1) is 4.31. The van der Waals surface area contributed by atoms with E-state index in [0.717, 1.165) is 26.1 Å². The van der Waals surface area contributed by atoms with Crippen molar-refractivity contribution in [3.63, 3.8) is 0 Å². The molecule has 0 unspecified atom stereocenters. The molecule has 2 aliphatic heterocycles. The van der Waals surface area contributed by atoms with Gasteiger partial charge in [-0.15, -0.1) is 0 Å². The molecule has 9 heavy (non-hydrogen) atoms. The van der Waals surface area contributed by atoms with E-state index in [2.05, 4.69) is 0 Å². The van der Waals surface area contributed by atoms with Gasteiger partial charge in [-0.3, -0.25) is 0 Å². The summed E-state index contributed by atoms with van der Waals surface area (Å²) in [7, 11) is 0. The first kappa shape index (κ1) is 5.65. The van der Waals surface area contributed by atoms with Gasteiger partial charge < -0.3 is 15.2 Å². The molecule has 3 nitrogen and oxygen atoms in total. The number of hydrogen-bond acceptors (Lipinski definition) is 3. The number of rotatable bonds is 0. The van der Waals surface area contributed by atoms with Crippen LogP contribution in [-0.2, 0) is 9.47 Å². The molecule has 3 heteroatoms. The zero-order valence-corrected chi connectivity index (χ0v) is 5.30. The summed E-state index contributed by atoms with van der Waals surface area (Å²) in [6.07, 6.45) is 1.81. The Labute approximate surface area is 54.1 Å². The largest absolute Gasteiger partial charge is 0.351 e. The van der Waals surface area contributed by atoms with E-state index in [1.165, 1.54) is 0 Å². The van der Waals surface area contributed by atoms with Gasteiger partial charge in [-0.2, -0.15) is 0 Å². The number of nitrogens with two attached hydrogens (primary N) is 1. The highest BCUT2D eigenvalue weighted by Crippen LogP contribution is 2.32. The Balaban J connectivity index is 2.17. The van der Waals surface area contributed by atoms with Gasteiger partial charge in [-0.1, -0.05) is 0 Å². The summed E-state index contributed by atoms with van der Waals surface area (Å²) in [6.45, 7) is 1.53. The lowest BCUT2D eigenvalue weighted by Crippen LogP contribution is -2.43. The Morgan fingerprint density at radius 1 is 1.22 bits per heavy atom. The van der Waals surface area contributed by atoms with Crippen LogP contribution < -0.4 is 5.73 Å². The third-order valence-corrected chi connectivity index (χ3v) is 2.14. The lowest BCUT2D eigenvalue weighted by molar-refractivity contribution is -0.0948. The Kier molecular flexibility index (Phi) is 1.06. The fraction of sp³-hybridized carbons (Fsp3) is 1.00. The summed E-state index contributed by atoms with van der Waals surface area (Å²) >= 11 is 0. The minimum Gasteiger partial charge on any atom is -0.351 e. The molecular formula is C6H11NO2. The van der Waals surface area contributed by atoms with Crippen LogP contribution in [-0.4, -0.2) is 25.0 Å². The van der Waals surface area contributed by atoms with E-state index in [-0.39, 0.29) is 11.8 Å². The first-order valence-electron chi connectivity index (χ1n) is 3.33. The van der Waals surface area contributed by atoms with Crippen molar-refractivity contribution in [3.05, 3.63) is 0 Å². The summed E-state index contributed by atoms with van der Waals surface area (Å²) < 4.78 is 10.5. The van der Waals surface area contributed by atoms with E-state index in [9.17, 15) is 0 Å². The molecule has 0 bridgehead atoms. The van der Waals surface area contributed by atoms with Crippen molar-refractivity contribution in [1.82, 2.24) is 0 Å². The molecule has 2 N–H and O–H groups in total. The van der Waals surface area contributed by atoms with Crippen molar-refractivity contribution in [1.29, 1.82) is 0 Å². The van der Waals surface area contributed by atoms with Crippen LogP contribution >= 0.6 is 0 Å². The second-order valence-electron chi connectivity index (χ2n) is 2.81. The molecular weight excluding hydrogens is 118 g/mol. The van der Waals surface area contributed by atoms with Gasteiger partial charge in [0, 0.05) is 0 Å². The van der Waals surface area contributed by atoms with Crippen molar-refractivity contribution < 1.29 is 9.47 Å². The maximum atomic E-state index is 5.91. The molecule has 0 aliphatic carbocycles. The molecule has 2 rings (SSSR count). The van der Waals surface area contributed by atoms with Gasteiger partial charge in [-0.25, -0.2) is 0 Å². The first-order valence-corrected chi connectivity index (χ1v) is 3.33. The van der Waals surface area contributed by atoms with Gasteiger partial charge in [0.15, 0.2) is 6.29 Å². The molecule has 0 aromatic rings. The van der Waals surface area contributed by atoms with Gasteiger partial charge in [0.1, 0.15) is 0 Å². The van der Waals surface area contributed by atoms with E-state index in [1.54, 1.807) is 0 Å². The SMILES string of the molecule is NC12CCOC1OCC2. The van der Waals surface area contributed by atoms with E-state index >= 15 is 0 Å². The van der Waals surface area contributed by atoms with Crippen molar-refractivity contribution in [2.75, 3.05) is 13.2 Å². The predicted octanol–water partition coefficient (Wildman–Crippen LogP) is -0.149. The molecule has 0 amide bonds. The third-order valence-electron chi connectivity index (χ3n) is 2.14. The van der Waals surface area contributed by atoms with Crippen molar-refractivity contribution >= 4 is 0 Å². The molecule has 2 aliphatic rings. The van der Waals surface area contributed by atoms with Crippen LogP contribution in [0.25, 0.3) is 0 Å². The van der Waals surface area contributed by atoms with E-state index in [1.807, 2.05) is 0 Å². The van der Waals surface area contributed by atoms with E-state index in [4.69, 9.17) is 15.2 Å². The van der Waals surface area contributed by atoms with E-state index < -0.39 is 0 Å². The second-order valence-corrected chi connectivity index (χ2v) is 2.81. The molecule has 2 fully saturated rings. The van der Waals surface area contributed by atoms with Crippen LogP contribution in [0.4, 0.5) is 0 Å². The fourth-order valence-electron chi connectivity index (χ4n) is 1.45. The molecule has 0 aromatic carbocycles. The Morgan fingerprint density at radius 3 is 2.22 bits per heavy atom. The molecule has 0 aromatic heterocycles. The molecule has 0 atom stereocenters. The highest BCUT2D eigenvalue weighted by molar-refractivity contribution is 4.95. The zero-order chi connectivity index (χ0) is 6.32. The summed E-state index contributed by atoms with van der Waals surface area (Å²) in [6, 6.07) is 0. The summed E-state index contributed by atoms with van der Waals surface area (Å²) in [5, 5.41) is 0. The van der Waals surface area contributed by atoms with Gasteiger partial charge in [-0.05, 0) is 12.8 Å². The molecule has 0 radical (unpaired) electrons. The van der Waals surface area contributed by atoms with E-state index in [0.29, 0.717) is 0 Å². The highest BCUT2D eigenvalue weighted by Gasteiger charge is 2.45. The summed E-state index contributed by atoms with van der Waals surface area (Å²) in [5.74, 6) is 0. The van der Waals surface area contributed by atoms with Crippen molar-refractivity contribution in [2.45, 2.75) is 24.7 Å². The third kappa shape index (κ3) is 0.689. The minimum atomic E-state index is -0.139. The predicted molar refractivity (Wildman–Crippen MR) is 31.8 cm³/mol. The standard InChI is InChI=1S/C6H11NO2/c7-6-1-3-8-5(6)9-4-2-6/h5H,1-4,7H2. The summed E-state index contributed by atoms with van der Waals surface area (Å²) in [5.41, 5.74) is 5.78. The van der Waals surface area contributed by atoms with Crippen molar-refractivity contribution in [3.8, 4) is 0 Å². The Morgan fingerprint density at radius 2 is 1.78 bits per heavy atom. The van der Waals surface area contributed by atoms with Gasteiger partial charge in [0.2, 0.25) is 0 Å². The normalized spacial score (nSPS) is 49.7. The van der Waals surface area contributed by atoms with Crippen LogP contribution in [0.5, 0.6) is 0 Å². The monoisotopic (exact) mass is 129 g/mol. The van der Waals surface area contributed by atoms with Crippen LogP contribution in [0.3, 0.4) is 0 Å². The number of fused-ring (bicyclic) bond motifs is 1. The number of hydrogen-bond donors (Lipinski definition) is 1. The molecule has 52 valence electrons. The Bertz CT molecular complexity index is 116. The van der Waals surface area contributed by atoms with Gasteiger partial charge in [0.05, 0.1) is 18.8 Å². The lowest BCUT2D eigenvalue weighted by atomic mass is 9.97. The number of ether oxygens (including phenoxy) is 2.